The van der Waals surface area contributed by atoms with Crippen LogP contribution in [0.5, 0.6) is 0 Å². The number of rotatable bonds is 0. The Hall–Kier alpha value is 1.56. The van der Waals surface area contributed by atoms with E-state index >= 15 is 0 Å². The van der Waals surface area contributed by atoms with Gasteiger partial charge in [0.05, 0.1) is 0 Å². The van der Waals surface area contributed by atoms with Crippen molar-refractivity contribution in [3.8, 4) is 0 Å². The Morgan fingerprint density at radius 3 is 1.33 bits per heavy atom. The van der Waals surface area contributed by atoms with Crippen LogP contribution in [0, 0.1) is 0 Å². The quantitative estimate of drug-likeness (QED) is 0.573. The number of halogens is 2. The molecule has 0 rings (SSSR count). The van der Waals surface area contributed by atoms with Crippen LogP contribution in [-0.4, -0.2) is 6.66 Å². The maximum Gasteiger partial charge on any atom is 0.321 e. The summed E-state index contributed by atoms with van der Waals surface area (Å²) in [4.78, 5) is 0. The fourth-order valence-electron chi connectivity index (χ4n) is 0. The first kappa shape index (κ1) is 25.7. The second-order valence-electron chi connectivity index (χ2n) is 0.204. The normalized spacial score (nSPS) is 3.50. The van der Waals surface area contributed by atoms with Crippen molar-refractivity contribution in [3.63, 3.8) is 0 Å². The van der Waals surface area contributed by atoms with E-state index in [4.69, 9.17) is 4.57 Å². The van der Waals surface area contributed by atoms with Crippen molar-refractivity contribution < 1.29 is 30.8 Å². The van der Waals surface area contributed by atoms with Gasteiger partial charge in [-0.05, 0) is 0 Å². The van der Waals surface area contributed by atoms with Gasteiger partial charge in [0.25, 0.3) is 0 Å². The summed E-state index contributed by atoms with van der Waals surface area (Å²) in [5.41, 5.74) is 0. The predicted molar refractivity (Wildman–Crippen MR) is 29.4 cm³/mol. The van der Waals surface area contributed by atoms with Crippen molar-refractivity contribution in [2.75, 3.05) is 6.66 Å². The molecule has 0 aliphatic carbocycles. The molecule has 0 amide bonds. The predicted octanol–water partition coefficient (Wildman–Crippen LogP) is 1.48. The zero-order chi connectivity index (χ0) is 2.71. The molecule has 0 fully saturated rings. The Balaban J connectivity index is -0.00000000667. The van der Waals surface area contributed by atoms with E-state index in [9.17, 15) is 0 Å². The SMILES string of the molecule is C[PH+]=O.Cl.Cl.[Zr]. The summed E-state index contributed by atoms with van der Waals surface area (Å²) in [7, 11) is -0.167. The van der Waals surface area contributed by atoms with E-state index in [-0.39, 0.29) is 59.5 Å². The Kier molecular flexibility index (Phi) is 132. The molecular formula is CH6Cl2OPZr+. The van der Waals surface area contributed by atoms with Crippen LogP contribution in [0.2, 0.25) is 0 Å². The summed E-state index contributed by atoms with van der Waals surface area (Å²) < 4.78 is 8.96. The standard InChI is InChI=1S/CH3OP.2ClH.Zr/c1-3-2;;;/h1H3;2*1H;/p+1. The van der Waals surface area contributed by atoms with Gasteiger partial charge in [0, 0.05) is 26.2 Å². The van der Waals surface area contributed by atoms with Crippen LogP contribution in [0.1, 0.15) is 0 Å². The largest absolute Gasteiger partial charge is 0.321 e. The van der Waals surface area contributed by atoms with E-state index in [2.05, 4.69) is 0 Å². The van der Waals surface area contributed by atoms with Crippen LogP contribution in [0.25, 0.3) is 0 Å². The van der Waals surface area contributed by atoms with Crippen molar-refractivity contribution in [2.24, 2.45) is 0 Å². The summed E-state index contributed by atoms with van der Waals surface area (Å²) in [6.45, 7) is 1.60. The first-order chi connectivity index (χ1) is 1.41. The first-order valence-electron chi connectivity index (χ1n) is 0.704. The molecule has 0 aliphatic heterocycles. The molecule has 0 aromatic heterocycles. The molecule has 0 aromatic carbocycles. The fraction of sp³-hybridized carbons (Fsp3) is 1.00. The van der Waals surface area contributed by atoms with Gasteiger partial charge in [-0.25, -0.2) is 0 Å². The third-order valence-corrected chi connectivity index (χ3v) is 0. The summed E-state index contributed by atoms with van der Waals surface area (Å²) in [5.74, 6) is 0. The molecule has 0 N–H and O–H groups in total. The van der Waals surface area contributed by atoms with Crippen LogP contribution in [0.3, 0.4) is 0 Å². The van der Waals surface area contributed by atoms with Crippen LogP contribution in [-0.2, 0) is 30.8 Å². The average Bonchev–Trinajstić information content (AvgIpc) is 0.918. The monoisotopic (exact) mass is 225 g/mol. The maximum absolute atomic E-state index is 8.96. The molecule has 1 atom stereocenters. The van der Waals surface area contributed by atoms with E-state index in [0.717, 1.165) is 0 Å². The minimum atomic E-state index is -0.167. The summed E-state index contributed by atoms with van der Waals surface area (Å²) >= 11 is 0. The van der Waals surface area contributed by atoms with Gasteiger partial charge in [-0.1, -0.05) is 4.57 Å². The molecule has 0 aromatic rings. The van der Waals surface area contributed by atoms with E-state index in [0.29, 0.717) is 0 Å². The zero-order valence-corrected chi connectivity index (χ0v) is 8.32. The Labute approximate surface area is 70.4 Å². The van der Waals surface area contributed by atoms with E-state index in [1.807, 2.05) is 0 Å². The second kappa shape index (κ2) is 30.9. The number of hydrogen-bond donors (Lipinski definition) is 0. The molecule has 0 bridgehead atoms. The third kappa shape index (κ3) is 47.4. The molecule has 0 aliphatic rings. The number of hydrogen-bond acceptors (Lipinski definition) is 1. The molecule has 1 nitrogen and oxygen atoms in total. The van der Waals surface area contributed by atoms with E-state index in [1.165, 1.54) is 0 Å². The Morgan fingerprint density at radius 1 is 1.33 bits per heavy atom. The molecule has 0 saturated heterocycles. The second-order valence-corrected chi connectivity index (χ2v) is 0.612. The Morgan fingerprint density at radius 2 is 1.33 bits per heavy atom. The van der Waals surface area contributed by atoms with Gasteiger partial charge < -0.3 is 0 Å². The molecule has 5 heteroatoms. The smallest absolute Gasteiger partial charge is 0.147 e. The van der Waals surface area contributed by atoms with Crippen molar-refractivity contribution in [1.82, 2.24) is 0 Å². The molecule has 38 valence electrons. The van der Waals surface area contributed by atoms with Gasteiger partial charge in [-0.3, -0.25) is 0 Å². The van der Waals surface area contributed by atoms with Crippen LogP contribution in [0.4, 0.5) is 0 Å². The molecule has 0 saturated carbocycles. The third-order valence-electron chi connectivity index (χ3n) is 0. The molecule has 0 heterocycles. The Bertz CT molecular complexity index is 21.0. The molecular weight excluding hydrogens is 221 g/mol. The van der Waals surface area contributed by atoms with Gasteiger partial charge in [0.15, 0.2) is 0 Å². The maximum atomic E-state index is 8.96. The average molecular weight is 227 g/mol. The zero-order valence-electron chi connectivity index (χ0n) is 3.22. The van der Waals surface area contributed by atoms with Crippen LogP contribution >= 0.6 is 33.3 Å². The molecule has 6 heavy (non-hydrogen) atoms. The summed E-state index contributed by atoms with van der Waals surface area (Å²) in [6, 6.07) is 0. The topological polar surface area (TPSA) is 17.1 Å². The van der Waals surface area contributed by atoms with Crippen LogP contribution < -0.4 is 0 Å². The van der Waals surface area contributed by atoms with E-state index in [1.54, 1.807) is 6.66 Å². The van der Waals surface area contributed by atoms with Crippen molar-refractivity contribution in [3.05, 3.63) is 0 Å². The van der Waals surface area contributed by atoms with Crippen molar-refractivity contribution >= 4 is 33.3 Å². The fourth-order valence-corrected chi connectivity index (χ4v) is 0. The van der Waals surface area contributed by atoms with Gasteiger partial charge in [-0.2, -0.15) is 0 Å². The molecule has 1 unspecified atom stereocenters. The minimum Gasteiger partial charge on any atom is -0.147 e. The summed E-state index contributed by atoms with van der Waals surface area (Å²) in [6.07, 6.45) is 0. The minimum absolute atomic E-state index is 0. The van der Waals surface area contributed by atoms with Gasteiger partial charge >= 0.3 is 8.46 Å². The van der Waals surface area contributed by atoms with Gasteiger partial charge in [0.2, 0.25) is 0 Å². The van der Waals surface area contributed by atoms with Gasteiger partial charge in [-0.15, -0.1) is 24.8 Å². The van der Waals surface area contributed by atoms with E-state index < -0.39 is 0 Å². The van der Waals surface area contributed by atoms with Gasteiger partial charge in [0.1, 0.15) is 6.66 Å². The van der Waals surface area contributed by atoms with Crippen LogP contribution in [0.15, 0.2) is 0 Å². The van der Waals surface area contributed by atoms with Crippen molar-refractivity contribution in [2.45, 2.75) is 0 Å². The first-order valence-corrected chi connectivity index (χ1v) is 2.11. The summed E-state index contributed by atoms with van der Waals surface area (Å²) in [5, 5.41) is 0. The molecule has 0 radical (unpaired) electrons. The molecule has 0 spiro atoms. The van der Waals surface area contributed by atoms with Crippen molar-refractivity contribution in [1.29, 1.82) is 0 Å².